The molecule has 0 aliphatic carbocycles. The maximum absolute atomic E-state index is 12.0. The summed E-state index contributed by atoms with van der Waals surface area (Å²) in [6, 6.07) is 18.1. The first-order chi connectivity index (χ1) is 20.2. The van der Waals surface area contributed by atoms with Crippen molar-refractivity contribution in [2.24, 2.45) is 20.4 Å². The molecule has 14 nitrogen and oxygen atoms in total. The van der Waals surface area contributed by atoms with E-state index in [-0.39, 0.29) is 97.1 Å². The molecule has 0 atom stereocenters. The van der Waals surface area contributed by atoms with E-state index in [1.807, 2.05) is 0 Å². The number of hydrogen-bond acceptors (Lipinski definition) is 12. The molecule has 256 valence electrons. The molecular formula is C30H36N4O10V2-10. The van der Waals surface area contributed by atoms with E-state index in [1.54, 1.807) is 64.1 Å². The Balaban J connectivity index is -0.000000219. The van der Waals surface area contributed by atoms with Crippen molar-refractivity contribution in [2.45, 2.75) is 27.7 Å². The van der Waals surface area contributed by atoms with Gasteiger partial charge in [-0.1, -0.05) is 98.1 Å². The Hall–Kier alpha value is -3.53. The normalized spacial score (nSPS) is 9.83. The van der Waals surface area contributed by atoms with Gasteiger partial charge in [0.05, 0.1) is 12.4 Å². The summed E-state index contributed by atoms with van der Waals surface area (Å²) in [7, 11) is 0. The summed E-state index contributed by atoms with van der Waals surface area (Å²) in [5, 5.41) is 94.5. The number of nitrogens with zero attached hydrogens (tertiary/aromatic N) is 4. The zero-order valence-corrected chi connectivity index (χ0v) is 28.5. The molecule has 0 unspecified atom stereocenters. The standard InChI is InChI=1S/C22H18N4O4.2C2H6O.2C2H5O.2O.2V/c27-19-7-3-1-5-17(19)13-23-25-21(29)15-9-11-16(12-10-15)22(30)26-24-14-18-6-2-4-8-20(18)28;4*1-2-3;;;;/h1-14,27-28H,(H,25,29)(H,26,30);2*3H,2H2,1H3;2*2H2,1H3;;;;/q;;;2*-1;2*-2;;/p-4/b23-13+,24-14+;;;;;;;;. The van der Waals surface area contributed by atoms with E-state index in [9.17, 15) is 20.4 Å². The van der Waals surface area contributed by atoms with Crippen LogP contribution >= 0.6 is 0 Å². The second-order valence-electron chi connectivity index (χ2n) is 7.16. The molecule has 0 amide bonds. The summed E-state index contributed by atoms with van der Waals surface area (Å²) < 4.78 is 0. The van der Waals surface area contributed by atoms with Gasteiger partial charge >= 0.3 is 0 Å². The fraction of sp³-hybridized carbons (Fsp3) is 0.267. The summed E-state index contributed by atoms with van der Waals surface area (Å²) in [4.78, 5) is 0. The molecule has 0 saturated heterocycles. The van der Waals surface area contributed by atoms with Crippen LogP contribution < -0.4 is 30.6 Å². The second-order valence-corrected chi connectivity index (χ2v) is 7.16. The van der Waals surface area contributed by atoms with Crippen molar-refractivity contribution in [3.8, 4) is 11.5 Å². The Bertz CT molecular complexity index is 1130. The third-order valence-corrected chi connectivity index (χ3v) is 3.91. The van der Waals surface area contributed by atoms with Crippen LogP contribution in [-0.4, -0.2) is 60.9 Å². The third-order valence-electron chi connectivity index (χ3n) is 3.91. The van der Waals surface area contributed by atoms with E-state index in [0.717, 1.165) is 0 Å². The molecule has 0 fully saturated rings. The maximum Gasteiger partial charge on any atom is 0.0561 e. The summed E-state index contributed by atoms with van der Waals surface area (Å²) >= 11 is 0. The minimum Gasteiger partial charge on any atom is -2.00 e. The van der Waals surface area contributed by atoms with E-state index in [2.05, 4.69) is 20.4 Å². The Morgan fingerprint density at radius 3 is 1.07 bits per heavy atom. The van der Waals surface area contributed by atoms with Crippen molar-refractivity contribution in [1.29, 1.82) is 0 Å². The van der Waals surface area contributed by atoms with E-state index in [0.29, 0.717) is 11.1 Å². The van der Waals surface area contributed by atoms with E-state index in [4.69, 9.17) is 20.4 Å². The Labute approximate surface area is 293 Å². The Morgan fingerprint density at radius 1 is 0.587 bits per heavy atom. The Kier molecular flexibility index (Phi) is 45.0. The third kappa shape index (κ3) is 26.8. The molecule has 0 saturated carbocycles. The number of para-hydroxylation sites is 2. The molecule has 2 radical (unpaired) electrons. The SMILES string of the molecule is CCO.CCO.CC[O-].CC[O-].[O-2].[O-2].[O-]/C(=N\N=C\c1ccccc1[O-])c1ccc(/C([O-])=N/N=C/c2ccccc2[O-])cc1.[V].[V]. The topological polar surface area (TPSA) is 285 Å². The van der Waals surface area contributed by atoms with Crippen LogP contribution in [0.1, 0.15) is 49.9 Å². The largest absolute Gasteiger partial charge is 2.00 e. The van der Waals surface area contributed by atoms with Gasteiger partial charge in [-0.2, -0.15) is 20.4 Å². The number of hydrogen-bond donors (Lipinski definition) is 2. The molecule has 0 aliphatic heterocycles. The fourth-order valence-electron chi connectivity index (χ4n) is 2.33. The second kappa shape index (κ2) is 37.7. The van der Waals surface area contributed by atoms with Crippen LogP contribution in [0.15, 0.2) is 93.2 Å². The molecule has 0 spiro atoms. The summed E-state index contributed by atoms with van der Waals surface area (Å²) in [6.45, 7) is 7.00. The molecule has 0 heterocycles. The van der Waals surface area contributed by atoms with Gasteiger partial charge in [-0.25, -0.2) is 0 Å². The predicted octanol–water partition coefficient (Wildman–Crippen LogP) is -1.40. The van der Waals surface area contributed by atoms with Crippen LogP contribution in [0, 0.1) is 0 Å². The molecular weight excluding hydrogens is 678 g/mol. The van der Waals surface area contributed by atoms with Crippen LogP contribution in [0.2, 0.25) is 0 Å². The van der Waals surface area contributed by atoms with Crippen LogP contribution in [0.5, 0.6) is 11.5 Å². The Morgan fingerprint density at radius 2 is 0.826 bits per heavy atom. The molecule has 0 aromatic heterocycles. The molecule has 3 rings (SSSR count). The summed E-state index contributed by atoms with van der Waals surface area (Å²) in [5.41, 5.74) is 1.05. The quantitative estimate of drug-likeness (QED) is 0.174. The van der Waals surface area contributed by atoms with Crippen LogP contribution in [0.25, 0.3) is 0 Å². The predicted molar refractivity (Wildman–Crippen MR) is 154 cm³/mol. The van der Waals surface area contributed by atoms with Gasteiger partial charge in [0.15, 0.2) is 0 Å². The minimum atomic E-state index is -0.629. The van der Waals surface area contributed by atoms with Crippen molar-refractivity contribution in [3.63, 3.8) is 0 Å². The first-order valence-electron chi connectivity index (χ1n) is 12.8. The summed E-state index contributed by atoms with van der Waals surface area (Å²) in [5.74, 6) is -1.71. The first-order valence-corrected chi connectivity index (χ1v) is 12.8. The minimum absolute atomic E-state index is 0. The van der Waals surface area contributed by atoms with Crippen molar-refractivity contribution >= 4 is 24.2 Å². The van der Waals surface area contributed by atoms with Crippen LogP contribution in [0.4, 0.5) is 0 Å². The van der Waals surface area contributed by atoms with E-state index >= 15 is 0 Å². The van der Waals surface area contributed by atoms with Gasteiger partial charge in [0.25, 0.3) is 0 Å². The van der Waals surface area contributed by atoms with Gasteiger partial charge in [0.1, 0.15) is 0 Å². The molecule has 0 bridgehead atoms. The molecule has 0 aliphatic rings. The first kappa shape index (κ1) is 54.9. The molecule has 46 heavy (non-hydrogen) atoms. The monoisotopic (exact) mass is 714 g/mol. The fourth-order valence-corrected chi connectivity index (χ4v) is 2.33. The van der Waals surface area contributed by atoms with Gasteiger partial charge in [0.2, 0.25) is 0 Å². The van der Waals surface area contributed by atoms with Crippen LogP contribution in [-0.2, 0) is 48.1 Å². The molecule has 2 N–H and O–H groups in total. The van der Waals surface area contributed by atoms with Gasteiger partial charge in [-0.15, -0.1) is 13.2 Å². The molecule has 16 heteroatoms. The average Bonchev–Trinajstić information content (AvgIpc) is 2.97. The average molecular weight is 715 g/mol. The zero-order valence-electron chi connectivity index (χ0n) is 25.8. The number of aliphatic hydroxyl groups excluding tert-OH is 2. The van der Waals surface area contributed by atoms with Gasteiger partial charge < -0.3 is 51.8 Å². The van der Waals surface area contributed by atoms with Gasteiger partial charge in [-0.05, 0) is 36.1 Å². The van der Waals surface area contributed by atoms with Crippen molar-refractivity contribution in [2.75, 3.05) is 26.4 Å². The van der Waals surface area contributed by atoms with E-state index in [1.165, 1.54) is 48.8 Å². The smallest absolute Gasteiger partial charge is 0.0561 e. The number of benzene rings is 3. The maximum atomic E-state index is 12.0. The van der Waals surface area contributed by atoms with Crippen molar-refractivity contribution < 1.29 is 88.9 Å². The zero-order chi connectivity index (χ0) is 32.2. The number of aliphatic hydroxyl groups is 2. The van der Waals surface area contributed by atoms with Crippen LogP contribution in [0.3, 0.4) is 0 Å². The van der Waals surface area contributed by atoms with Gasteiger partial charge in [-0.3, -0.25) is 0 Å². The molecule has 3 aromatic carbocycles. The summed E-state index contributed by atoms with van der Waals surface area (Å²) in [6.07, 6.45) is 2.41. The van der Waals surface area contributed by atoms with Crippen molar-refractivity contribution in [3.05, 3.63) is 95.1 Å². The van der Waals surface area contributed by atoms with E-state index < -0.39 is 11.8 Å². The van der Waals surface area contributed by atoms with Gasteiger partial charge in [0, 0.05) is 62.1 Å². The van der Waals surface area contributed by atoms with Crippen molar-refractivity contribution in [1.82, 2.24) is 0 Å². The number of rotatable bonds is 6. The molecule has 3 aromatic rings.